The summed E-state index contributed by atoms with van der Waals surface area (Å²) in [6, 6.07) is 10.8. The molecule has 1 fully saturated rings. The van der Waals surface area contributed by atoms with Gasteiger partial charge in [-0.25, -0.2) is 0 Å². The highest BCUT2D eigenvalue weighted by Gasteiger charge is 2.20. The molecule has 0 spiro atoms. The van der Waals surface area contributed by atoms with Gasteiger partial charge in [-0.05, 0) is 37.2 Å². The van der Waals surface area contributed by atoms with Crippen molar-refractivity contribution in [2.45, 2.75) is 51.0 Å². The van der Waals surface area contributed by atoms with Crippen LogP contribution < -0.4 is 5.73 Å². The lowest BCUT2D eigenvalue weighted by molar-refractivity contribution is 0.0960. The van der Waals surface area contributed by atoms with E-state index in [4.69, 9.17) is 10.5 Å². The summed E-state index contributed by atoms with van der Waals surface area (Å²) in [5.74, 6) is 0.697. The molecule has 1 aliphatic rings. The summed E-state index contributed by atoms with van der Waals surface area (Å²) >= 11 is 0. The van der Waals surface area contributed by atoms with Gasteiger partial charge < -0.3 is 10.5 Å². The predicted molar refractivity (Wildman–Crippen MR) is 80.1 cm³/mol. The molecule has 0 aromatic heterocycles. The van der Waals surface area contributed by atoms with Crippen molar-refractivity contribution >= 4 is 0 Å². The van der Waals surface area contributed by atoms with Crippen LogP contribution in [0, 0.1) is 5.92 Å². The Morgan fingerprint density at radius 2 is 1.84 bits per heavy atom. The number of benzene rings is 1. The van der Waals surface area contributed by atoms with Gasteiger partial charge in [0.1, 0.15) is 0 Å². The van der Waals surface area contributed by atoms with Gasteiger partial charge in [-0.3, -0.25) is 0 Å². The zero-order valence-corrected chi connectivity index (χ0v) is 11.9. The van der Waals surface area contributed by atoms with Crippen LogP contribution in [0.5, 0.6) is 0 Å². The fourth-order valence-electron chi connectivity index (χ4n) is 2.94. The first-order valence-electron chi connectivity index (χ1n) is 7.73. The zero-order chi connectivity index (χ0) is 13.3. The van der Waals surface area contributed by atoms with Crippen LogP contribution in [-0.4, -0.2) is 19.3 Å². The first-order valence-corrected chi connectivity index (χ1v) is 7.73. The second kappa shape index (κ2) is 8.34. The first-order chi connectivity index (χ1) is 9.36. The Balaban J connectivity index is 1.54. The highest BCUT2D eigenvalue weighted by Crippen LogP contribution is 2.25. The molecule has 0 bridgehead atoms. The van der Waals surface area contributed by atoms with E-state index < -0.39 is 0 Å². The highest BCUT2D eigenvalue weighted by molar-refractivity contribution is 5.14. The Hall–Kier alpha value is -0.860. The molecule has 19 heavy (non-hydrogen) atoms. The topological polar surface area (TPSA) is 35.2 Å². The van der Waals surface area contributed by atoms with Crippen LogP contribution in [0.1, 0.15) is 44.1 Å². The van der Waals surface area contributed by atoms with Crippen molar-refractivity contribution in [1.82, 2.24) is 0 Å². The molecule has 2 heteroatoms. The molecule has 2 rings (SSSR count). The van der Waals surface area contributed by atoms with Gasteiger partial charge in [0.05, 0.1) is 6.61 Å². The van der Waals surface area contributed by atoms with Gasteiger partial charge in [0.15, 0.2) is 0 Å². The van der Waals surface area contributed by atoms with E-state index in [0.717, 1.165) is 26.1 Å². The van der Waals surface area contributed by atoms with Crippen molar-refractivity contribution < 1.29 is 4.74 Å². The maximum Gasteiger partial charge on any atom is 0.0620 e. The lowest BCUT2D eigenvalue weighted by Gasteiger charge is -2.27. The van der Waals surface area contributed by atoms with Crippen molar-refractivity contribution in [3.05, 3.63) is 35.9 Å². The molecule has 2 N–H and O–H groups in total. The number of nitrogens with two attached hydrogens (primary N) is 1. The number of rotatable bonds is 7. The molecule has 1 atom stereocenters. The summed E-state index contributed by atoms with van der Waals surface area (Å²) in [6.07, 6.45) is 8.88. The van der Waals surface area contributed by atoms with Crippen LogP contribution in [-0.2, 0) is 11.2 Å². The van der Waals surface area contributed by atoms with Crippen molar-refractivity contribution in [1.29, 1.82) is 0 Å². The molecular formula is C17H27NO. The Bertz CT molecular complexity index is 332. The van der Waals surface area contributed by atoms with E-state index in [1.165, 1.54) is 37.7 Å². The molecule has 1 aliphatic carbocycles. The maximum absolute atomic E-state index is 6.22. The lowest BCUT2D eigenvalue weighted by atomic mass is 9.84. The Kier molecular flexibility index (Phi) is 6.38. The molecule has 2 nitrogen and oxygen atoms in total. The highest BCUT2D eigenvalue weighted by atomic mass is 16.5. The number of ether oxygens (including phenoxy) is 1. The number of aryl methyl sites for hydroxylation is 1. The van der Waals surface area contributed by atoms with E-state index in [1.54, 1.807) is 0 Å². The zero-order valence-electron chi connectivity index (χ0n) is 11.9. The average molecular weight is 261 g/mol. The Labute approximate surface area is 117 Å². The fourth-order valence-corrected chi connectivity index (χ4v) is 2.94. The lowest BCUT2D eigenvalue weighted by Crippen LogP contribution is -2.36. The van der Waals surface area contributed by atoms with Crippen LogP contribution in [0.25, 0.3) is 0 Å². The molecule has 0 aliphatic heterocycles. The van der Waals surface area contributed by atoms with E-state index in [0.29, 0.717) is 5.92 Å². The molecule has 1 saturated carbocycles. The Morgan fingerprint density at radius 3 is 2.58 bits per heavy atom. The predicted octanol–water partition coefficient (Wildman–Crippen LogP) is 3.54. The van der Waals surface area contributed by atoms with Gasteiger partial charge >= 0.3 is 0 Å². The van der Waals surface area contributed by atoms with Crippen LogP contribution in [0.4, 0.5) is 0 Å². The van der Waals surface area contributed by atoms with Gasteiger partial charge in [0.2, 0.25) is 0 Å². The summed E-state index contributed by atoms with van der Waals surface area (Å²) in [5, 5.41) is 0. The average Bonchev–Trinajstić information content (AvgIpc) is 2.49. The van der Waals surface area contributed by atoms with E-state index >= 15 is 0 Å². The molecule has 1 unspecified atom stereocenters. The fraction of sp³-hybridized carbons (Fsp3) is 0.647. The summed E-state index contributed by atoms with van der Waals surface area (Å²) in [4.78, 5) is 0. The molecule has 0 saturated heterocycles. The van der Waals surface area contributed by atoms with Crippen LogP contribution in [0.3, 0.4) is 0 Å². The normalized spacial score (nSPS) is 18.4. The molecule has 0 radical (unpaired) electrons. The molecule has 0 amide bonds. The molecule has 106 valence electrons. The monoisotopic (exact) mass is 261 g/mol. The smallest absolute Gasteiger partial charge is 0.0620 e. The number of hydrogen-bond acceptors (Lipinski definition) is 2. The minimum absolute atomic E-state index is 0.247. The van der Waals surface area contributed by atoms with Crippen molar-refractivity contribution in [3.8, 4) is 0 Å². The van der Waals surface area contributed by atoms with Gasteiger partial charge in [0.25, 0.3) is 0 Å². The van der Waals surface area contributed by atoms with E-state index in [9.17, 15) is 0 Å². The summed E-state index contributed by atoms with van der Waals surface area (Å²) < 4.78 is 5.75. The molecule has 0 heterocycles. The van der Waals surface area contributed by atoms with Crippen LogP contribution >= 0.6 is 0 Å². The maximum atomic E-state index is 6.22. The first kappa shape index (κ1) is 14.5. The van der Waals surface area contributed by atoms with Gasteiger partial charge in [-0.2, -0.15) is 0 Å². The molecular weight excluding hydrogens is 234 g/mol. The van der Waals surface area contributed by atoms with Crippen LogP contribution in [0.2, 0.25) is 0 Å². The molecule has 1 aromatic rings. The van der Waals surface area contributed by atoms with Gasteiger partial charge in [-0.1, -0.05) is 49.6 Å². The Morgan fingerprint density at radius 1 is 1.11 bits per heavy atom. The van der Waals surface area contributed by atoms with Crippen LogP contribution in [0.15, 0.2) is 30.3 Å². The van der Waals surface area contributed by atoms with Crippen molar-refractivity contribution in [2.24, 2.45) is 11.7 Å². The third-order valence-corrected chi connectivity index (χ3v) is 4.16. The van der Waals surface area contributed by atoms with Crippen molar-refractivity contribution in [2.75, 3.05) is 13.2 Å². The SMILES string of the molecule is NC(COCCCc1ccccc1)C1CCCCC1. The van der Waals surface area contributed by atoms with E-state index in [-0.39, 0.29) is 6.04 Å². The second-order valence-electron chi connectivity index (χ2n) is 5.73. The second-order valence-corrected chi connectivity index (χ2v) is 5.73. The van der Waals surface area contributed by atoms with E-state index in [2.05, 4.69) is 30.3 Å². The summed E-state index contributed by atoms with van der Waals surface area (Å²) in [7, 11) is 0. The molecule has 1 aromatic carbocycles. The number of hydrogen-bond donors (Lipinski definition) is 1. The third kappa shape index (κ3) is 5.33. The van der Waals surface area contributed by atoms with E-state index in [1.807, 2.05) is 0 Å². The standard InChI is InChI=1S/C17H27NO/c18-17(16-11-5-2-6-12-16)14-19-13-7-10-15-8-3-1-4-9-15/h1,3-4,8-9,16-17H,2,5-7,10-14,18H2. The summed E-state index contributed by atoms with van der Waals surface area (Å²) in [5.41, 5.74) is 7.61. The van der Waals surface area contributed by atoms with Crippen molar-refractivity contribution in [3.63, 3.8) is 0 Å². The minimum atomic E-state index is 0.247. The third-order valence-electron chi connectivity index (χ3n) is 4.16. The minimum Gasteiger partial charge on any atom is -0.380 e. The largest absolute Gasteiger partial charge is 0.380 e. The quantitative estimate of drug-likeness (QED) is 0.762. The van der Waals surface area contributed by atoms with Gasteiger partial charge in [0, 0.05) is 12.6 Å². The summed E-state index contributed by atoms with van der Waals surface area (Å²) in [6.45, 7) is 1.56. The van der Waals surface area contributed by atoms with Gasteiger partial charge in [-0.15, -0.1) is 0 Å².